The molecule has 1 aliphatic carbocycles. The number of hydrogen-bond donors (Lipinski definition) is 1. The minimum atomic E-state index is -4.16. The van der Waals surface area contributed by atoms with Crippen LogP contribution in [-0.4, -0.2) is 43.8 Å². The van der Waals surface area contributed by atoms with Crippen LogP contribution in [0.1, 0.15) is 50.2 Å². The minimum absolute atomic E-state index is 0.0361. The Morgan fingerprint density at radius 2 is 1.66 bits per heavy atom. The van der Waals surface area contributed by atoms with E-state index in [4.69, 9.17) is 23.2 Å². The summed E-state index contributed by atoms with van der Waals surface area (Å²) in [5, 5.41) is 3.97. The molecule has 1 N–H and O–H groups in total. The Hall–Kier alpha value is -3.07. The molecule has 0 unspecified atom stereocenters. The van der Waals surface area contributed by atoms with Gasteiger partial charge in [0.25, 0.3) is 10.0 Å². The summed E-state index contributed by atoms with van der Waals surface area (Å²) in [7, 11) is -4.16. The van der Waals surface area contributed by atoms with E-state index in [1.54, 1.807) is 55.5 Å². The van der Waals surface area contributed by atoms with Gasteiger partial charge in [-0.05, 0) is 74.2 Å². The van der Waals surface area contributed by atoms with Gasteiger partial charge < -0.3 is 10.2 Å². The van der Waals surface area contributed by atoms with Crippen molar-refractivity contribution in [3.8, 4) is 0 Å². The summed E-state index contributed by atoms with van der Waals surface area (Å²) in [6.07, 6.45) is 5.05. The average Bonchev–Trinajstić information content (AvgIpc) is 2.96. The molecule has 1 aliphatic rings. The molecule has 0 aromatic heterocycles. The van der Waals surface area contributed by atoms with Crippen LogP contribution in [0, 0.1) is 6.92 Å². The van der Waals surface area contributed by atoms with E-state index < -0.39 is 28.5 Å². The lowest BCUT2D eigenvalue weighted by molar-refractivity contribution is -0.139. The van der Waals surface area contributed by atoms with Crippen LogP contribution in [0.3, 0.4) is 0 Å². The largest absolute Gasteiger partial charge is 0.352 e. The molecule has 7 nitrogen and oxygen atoms in total. The van der Waals surface area contributed by atoms with E-state index in [2.05, 4.69) is 5.32 Å². The molecule has 0 spiro atoms. The molecule has 0 bridgehead atoms. The topological polar surface area (TPSA) is 86.8 Å². The normalized spacial score (nSPS) is 14.7. The fraction of sp³-hybridized carbons (Fsp3) is 0.355. The van der Waals surface area contributed by atoms with Gasteiger partial charge in [-0.2, -0.15) is 0 Å². The second kappa shape index (κ2) is 13.7. The van der Waals surface area contributed by atoms with E-state index in [-0.39, 0.29) is 29.1 Å². The van der Waals surface area contributed by atoms with Crippen molar-refractivity contribution < 1.29 is 18.0 Å². The number of anilines is 1. The van der Waals surface area contributed by atoms with Gasteiger partial charge >= 0.3 is 0 Å². The Labute approximate surface area is 252 Å². The number of carbonyl (C=O) groups excluding carboxylic acids is 2. The maximum Gasteiger partial charge on any atom is 0.264 e. The molecule has 0 radical (unpaired) electrons. The lowest BCUT2D eigenvalue weighted by atomic mass is 9.95. The van der Waals surface area contributed by atoms with Crippen molar-refractivity contribution in [1.29, 1.82) is 0 Å². The van der Waals surface area contributed by atoms with Crippen LogP contribution >= 0.6 is 23.2 Å². The summed E-state index contributed by atoms with van der Waals surface area (Å²) >= 11 is 12.6. The van der Waals surface area contributed by atoms with Gasteiger partial charge in [0, 0.05) is 22.6 Å². The van der Waals surface area contributed by atoms with Gasteiger partial charge in [0.05, 0.1) is 10.6 Å². The maximum atomic E-state index is 14.1. The number of carbonyl (C=O) groups is 2. The molecule has 0 heterocycles. The van der Waals surface area contributed by atoms with Crippen molar-refractivity contribution in [2.75, 3.05) is 10.8 Å². The molecule has 1 atom stereocenters. The molecule has 2 amide bonds. The number of aryl methyl sites for hydroxylation is 1. The lowest BCUT2D eigenvalue weighted by Gasteiger charge is -2.33. The van der Waals surface area contributed by atoms with Gasteiger partial charge in [0.1, 0.15) is 12.6 Å². The molecular formula is C31H35Cl2N3O4S. The zero-order valence-electron chi connectivity index (χ0n) is 23.2. The van der Waals surface area contributed by atoms with Crippen molar-refractivity contribution in [1.82, 2.24) is 10.2 Å². The SMILES string of the molecule is Cc1ccc(N(CC(=O)N(Cc2cccc(Cl)c2)[C@@H](C)C(=O)NC2CCCCC2)S(=O)(=O)c2ccccc2)cc1Cl. The standard InChI is InChI=1S/C31H35Cl2N3O4S/c1-22-16-17-27(19-29(22)33)36(41(39,40)28-14-7-4-8-15-28)21-30(37)35(20-24-10-9-11-25(32)18-24)23(2)31(38)34-26-12-5-3-6-13-26/h4,7-11,14-19,23,26H,3,5-6,12-13,20-21H2,1-2H3,(H,34,38)/t23-/m0/s1. The highest BCUT2D eigenvalue weighted by atomic mass is 35.5. The number of rotatable bonds is 10. The molecule has 4 rings (SSSR count). The Morgan fingerprint density at radius 1 is 0.951 bits per heavy atom. The van der Waals surface area contributed by atoms with E-state index in [0.29, 0.717) is 10.0 Å². The van der Waals surface area contributed by atoms with Gasteiger partial charge in [-0.3, -0.25) is 13.9 Å². The summed E-state index contributed by atoms with van der Waals surface area (Å²) in [6.45, 7) is 3.02. The van der Waals surface area contributed by atoms with Gasteiger partial charge in [-0.25, -0.2) is 8.42 Å². The molecule has 1 fully saturated rings. The van der Waals surface area contributed by atoms with Crippen LogP contribution in [0.25, 0.3) is 0 Å². The number of halogens is 2. The van der Waals surface area contributed by atoms with Crippen LogP contribution in [0.2, 0.25) is 10.0 Å². The van der Waals surface area contributed by atoms with Gasteiger partial charge in [-0.1, -0.05) is 78.9 Å². The van der Waals surface area contributed by atoms with Crippen molar-refractivity contribution in [2.45, 2.75) is 69.5 Å². The first kappa shape index (κ1) is 30.9. The highest BCUT2D eigenvalue weighted by Gasteiger charge is 2.33. The highest BCUT2D eigenvalue weighted by Crippen LogP contribution is 2.29. The maximum absolute atomic E-state index is 14.1. The molecule has 218 valence electrons. The van der Waals surface area contributed by atoms with Crippen LogP contribution in [-0.2, 0) is 26.2 Å². The summed E-state index contributed by atoms with van der Waals surface area (Å²) in [5.41, 5.74) is 1.74. The zero-order valence-corrected chi connectivity index (χ0v) is 25.6. The van der Waals surface area contributed by atoms with E-state index in [1.165, 1.54) is 23.1 Å². The third-order valence-corrected chi connectivity index (χ3v) is 9.84. The van der Waals surface area contributed by atoms with E-state index in [9.17, 15) is 18.0 Å². The van der Waals surface area contributed by atoms with Crippen LogP contribution in [0.15, 0.2) is 77.7 Å². The van der Waals surface area contributed by atoms with Gasteiger partial charge in [0.15, 0.2) is 0 Å². The van der Waals surface area contributed by atoms with Crippen molar-refractivity contribution >= 4 is 50.7 Å². The molecule has 3 aromatic carbocycles. The number of hydrogen-bond acceptors (Lipinski definition) is 4. The fourth-order valence-electron chi connectivity index (χ4n) is 4.97. The quantitative estimate of drug-likeness (QED) is 0.287. The van der Waals surface area contributed by atoms with Gasteiger partial charge in [0.2, 0.25) is 11.8 Å². The Morgan fingerprint density at radius 3 is 2.32 bits per heavy atom. The van der Waals surface area contributed by atoms with Crippen molar-refractivity contribution in [3.63, 3.8) is 0 Å². The molecule has 3 aromatic rings. The van der Waals surface area contributed by atoms with Crippen molar-refractivity contribution in [2.24, 2.45) is 0 Å². The predicted octanol–water partition coefficient (Wildman–Crippen LogP) is 6.36. The Balaban J connectivity index is 1.68. The number of nitrogens with one attached hydrogen (secondary N) is 1. The van der Waals surface area contributed by atoms with Crippen molar-refractivity contribution in [3.05, 3.63) is 94.0 Å². The summed E-state index contributed by atoms with van der Waals surface area (Å²) < 4.78 is 28.8. The van der Waals surface area contributed by atoms with Gasteiger partial charge in [-0.15, -0.1) is 0 Å². The molecule has 41 heavy (non-hydrogen) atoms. The third-order valence-electron chi connectivity index (χ3n) is 7.41. The lowest BCUT2D eigenvalue weighted by Crippen LogP contribution is -2.53. The molecular weight excluding hydrogens is 581 g/mol. The monoisotopic (exact) mass is 615 g/mol. The molecule has 0 saturated heterocycles. The van der Waals surface area contributed by atoms with E-state index in [0.717, 1.165) is 47.5 Å². The number of amides is 2. The second-order valence-corrected chi connectivity index (χ2v) is 13.1. The Kier molecular flexibility index (Phi) is 10.3. The first-order valence-electron chi connectivity index (χ1n) is 13.7. The van der Waals surface area contributed by atoms with E-state index >= 15 is 0 Å². The predicted molar refractivity (Wildman–Crippen MR) is 164 cm³/mol. The third kappa shape index (κ3) is 7.82. The molecule has 0 aliphatic heterocycles. The number of benzene rings is 3. The number of sulfonamides is 1. The number of nitrogens with zero attached hydrogens (tertiary/aromatic N) is 2. The minimum Gasteiger partial charge on any atom is -0.352 e. The first-order chi connectivity index (χ1) is 19.6. The fourth-order valence-corrected chi connectivity index (χ4v) is 6.78. The average molecular weight is 617 g/mol. The van der Waals surface area contributed by atoms with E-state index in [1.807, 2.05) is 13.0 Å². The van der Waals surface area contributed by atoms with Crippen LogP contribution in [0.4, 0.5) is 5.69 Å². The summed E-state index contributed by atoms with van der Waals surface area (Å²) in [6, 6.07) is 19.0. The molecule has 1 saturated carbocycles. The smallest absolute Gasteiger partial charge is 0.264 e. The first-order valence-corrected chi connectivity index (χ1v) is 15.9. The zero-order chi connectivity index (χ0) is 29.6. The van der Waals surface area contributed by atoms with Crippen LogP contribution in [0.5, 0.6) is 0 Å². The van der Waals surface area contributed by atoms with Crippen LogP contribution < -0.4 is 9.62 Å². The Bertz CT molecular complexity index is 1480. The summed E-state index contributed by atoms with van der Waals surface area (Å²) in [5.74, 6) is -0.810. The summed E-state index contributed by atoms with van der Waals surface area (Å²) in [4.78, 5) is 28.9. The highest BCUT2D eigenvalue weighted by molar-refractivity contribution is 7.92. The second-order valence-electron chi connectivity index (χ2n) is 10.4. The molecule has 10 heteroatoms.